The lowest BCUT2D eigenvalue weighted by Gasteiger charge is -2.29. The van der Waals surface area contributed by atoms with Gasteiger partial charge < -0.3 is 34.1 Å². The fraction of sp³-hybridized carbons (Fsp3) is 0.500. The number of carboxylic acid groups (broad SMARTS) is 1. The minimum absolute atomic E-state index is 0. The third kappa shape index (κ3) is 5.58. The molecule has 0 aliphatic rings. The maximum Gasteiger partial charge on any atom is 1.00 e. The maximum atomic E-state index is 12.3. The zero-order chi connectivity index (χ0) is 16.9. The summed E-state index contributed by atoms with van der Waals surface area (Å²) in [5, 5.41) is 19.4. The predicted octanol–water partition coefficient (Wildman–Crippen LogP) is -2.57. The summed E-state index contributed by atoms with van der Waals surface area (Å²) < 4.78 is 0. The quantitative estimate of drug-likeness (QED) is 0.384. The first kappa shape index (κ1) is 21.5. The van der Waals surface area contributed by atoms with Crippen molar-refractivity contribution in [1.82, 2.24) is 0 Å². The number of nitrogens with two attached hydrogens (primary N) is 2. The predicted molar refractivity (Wildman–Crippen MR) is 84.3 cm³/mol. The van der Waals surface area contributed by atoms with E-state index in [1.54, 1.807) is 13.8 Å². The van der Waals surface area contributed by atoms with Crippen LogP contribution in [0.1, 0.15) is 27.3 Å². The normalized spacial score (nSPS) is 16.1. The fourth-order valence-electron chi connectivity index (χ4n) is 2.39. The van der Waals surface area contributed by atoms with E-state index in [0.29, 0.717) is 0 Å². The second-order valence-electron chi connectivity index (χ2n) is 6.04. The van der Waals surface area contributed by atoms with Crippen LogP contribution in [0, 0.1) is 5.92 Å². The summed E-state index contributed by atoms with van der Waals surface area (Å²) in [6, 6.07) is 8.20. The van der Waals surface area contributed by atoms with Gasteiger partial charge in [-0.05, 0) is 24.3 Å². The minimum Gasteiger partial charge on any atom is -1.00 e. The Hall–Kier alpha value is -1.47. The van der Waals surface area contributed by atoms with E-state index in [1.165, 1.54) is 0 Å². The van der Waals surface area contributed by atoms with E-state index in [2.05, 4.69) is 0 Å². The van der Waals surface area contributed by atoms with Crippen LogP contribution in [0.4, 0.5) is 0 Å². The fourth-order valence-corrected chi connectivity index (χ4v) is 2.39. The number of ketones is 1. The zero-order valence-electron chi connectivity index (χ0n) is 14.3. The molecule has 0 fully saturated rings. The molecule has 6 N–H and O–H groups in total. The second kappa shape index (κ2) is 8.98. The van der Waals surface area contributed by atoms with Crippen molar-refractivity contribution >= 4 is 11.8 Å². The third-order valence-electron chi connectivity index (χ3n) is 3.54. The number of carboxylic acids is 1. The van der Waals surface area contributed by atoms with Crippen LogP contribution >= 0.6 is 0 Å². The molecule has 0 unspecified atom stereocenters. The van der Waals surface area contributed by atoms with Crippen molar-refractivity contribution in [2.24, 2.45) is 17.4 Å². The average molecular weight is 345 g/mol. The Labute approximate surface area is 143 Å². The number of carbonyl (C=O) groups excluding carboxylic acids is 1. The lowest BCUT2D eigenvalue weighted by atomic mass is 9.81. The highest BCUT2D eigenvalue weighted by Gasteiger charge is 2.46. The Balaban J connectivity index is 0. The smallest absolute Gasteiger partial charge is 1.00 e. The summed E-state index contributed by atoms with van der Waals surface area (Å²) in [5.41, 5.74) is 10.3. The molecule has 0 aliphatic carbocycles. The van der Waals surface area contributed by atoms with Gasteiger partial charge in [0, 0.05) is 6.04 Å². The highest BCUT2D eigenvalue weighted by atomic mass is 35.5. The first-order chi connectivity index (χ1) is 10.2. The van der Waals surface area contributed by atoms with Crippen LogP contribution in [-0.2, 0) is 16.0 Å². The van der Waals surface area contributed by atoms with Gasteiger partial charge in [-0.25, -0.2) is 4.79 Å². The van der Waals surface area contributed by atoms with Crippen LogP contribution in [-0.4, -0.2) is 39.7 Å². The topological polar surface area (TPSA) is 127 Å². The molecule has 7 heteroatoms. The van der Waals surface area contributed by atoms with Crippen LogP contribution in [0.5, 0.6) is 0 Å². The van der Waals surface area contributed by atoms with Crippen molar-refractivity contribution < 1.29 is 33.6 Å². The average Bonchev–Trinajstić information content (AvgIpc) is 2.45. The highest BCUT2D eigenvalue weighted by molar-refractivity contribution is 6.09. The lowest BCUT2D eigenvalue weighted by molar-refractivity contribution is -0.152. The molecule has 0 radical (unpaired) electrons. The van der Waals surface area contributed by atoms with E-state index in [-0.39, 0.29) is 32.6 Å². The minimum atomic E-state index is -2.12. The molecule has 0 saturated heterocycles. The standard InChI is InChI=1S/C16H24N2O4.ClH/c1-10(2)9-16(18,15(21)22)14(20)13(19)12(17)8-11-6-4-3-5-7-11;/h3-7,10,12-13,19H,8-9,17-18H2,1-2H3,(H,21,22);1H/t12-,13+,16-;/m1./s1. The third-order valence-corrected chi connectivity index (χ3v) is 3.54. The van der Waals surface area contributed by atoms with Gasteiger partial charge in [-0.3, -0.25) is 4.79 Å². The van der Waals surface area contributed by atoms with Crippen molar-refractivity contribution in [2.45, 2.75) is 44.4 Å². The summed E-state index contributed by atoms with van der Waals surface area (Å²) in [5.74, 6) is -2.50. The summed E-state index contributed by atoms with van der Waals surface area (Å²) in [6.07, 6.45) is -1.43. The van der Waals surface area contributed by atoms with Gasteiger partial charge in [0.15, 0.2) is 11.3 Å². The molecule has 0 heterocycles. The van der Waals surface area contributed by atoms with Crippen molar-refractivity contribution in [1.29, 1.82) is 0 Å². The van der Waals surface area contributed by atoms with Gasteiger partial charge in [0.1, 0.15) is 6.10 Å². The monoisotopic (exact) mass is 344 g/mol. The van der Waals surface area contributed by atoms with Gasteiger partial charge in [0.25, 0.3) is 0 Å². The van der Waals surface area contributed by atoms with E-state index in [9.17, 15) is 19.8 Å². The molecule has 0 spiro atoms. The molecule has 0 saturated carbocycles. The molecular formula is C16H25ClN2O4. The van der Waals surface area contributed by atoms with Crippen LogP contribution < -0.4 is 23.9 Å². The van der Waals surface area contributed by atoms with Crippen LogP contribution in [0.2, 0.25) is 0 Å². The summed E-state index contributed by atoms with van der Waals surface area (Å²) in [6.45, 7) is 3.52. The molecule has 1 rings (SSSR count). The number of hydrogen-bond donors (Lipinski definition) is 4. The van der Waals surface area contributed by atoms with E-state index >= 15 is 0 Å². The zero-order valence-corrected chi connectivity index (χ0v) is 14.0. The molecule has 1 aromatic rings. The van der Waals surface area contributed by atoms with Gasteiger partial charge in [-0.1, -0.05) is 44.2 Å². The second-order valence-corrected chi connectivity index (χ2v) is 6.04. The number of aliphatic hydroxyl groups is 1. The maximum absolute atomic E-state index is 12.3. The SMILES string of the molecule is CC(C)C[C@](N)(C(=O)O)C(=O)[C@@H](O)[C@H](N)Cc1ccccc1.[Cl-].[H+]. The summed E-state index contributed by atoms with van der Waals surface area (Å²) in [4.78, 5) is 23.7. The van der Waals surface area contributed by atoms with Crippen molar-refractivity contribution in [2.75, 3.05) is 0 Å². The number of Topliss-reactive ketones (excluding diaryl/α,β-unsaturated/α-hetero) is 1. The molecule has 6 nitrogen and oxygen atoms in total. The molecule has 23 heavy (non-hydrogen) atoms. The molecule has 0 bridgehead atoms. The number of hydrogen-bond acceptors (Lipinski definition) is 5. The van der Waals surface area contributed by atoms with Gasteiger partial charge >= 0.3 is 7.40 Å². The molecule has 3 atom stereocenters. The summed E-state index contributed by atoms with van der Waals surface area (Å²) >= 11 is 0. The van der Waals surface area contributed by atoms with Gasteiger partial charge in [-0.2, -0.15) is 0 Å². The van der Waals surface area contributed by atoms with Crippen LogP contribution in [0.15, 0.2) is 30.3 Å². The Bertz CT molecular complexity index is 530. The summed E-state index contributed by atoms with van der Waals surface area (Å²) in [7, 11) is 0. The number of carbonyl (C=O) groups is 2. The lowest BCUT2D eigenvalue weighted by Crippen LogP contribution is -3.00. The highest BCUT2D eigenvalue weighted by Crippen LogP contribution is 2.19. The van der Waals surface area contributed by atoms with Crippen molar-refractivity contribution in [3.05, 3.63) is 35.9 Å². The molecule has 0 aromatic heterocycles. The molecular weight excluding hydrogens is 320 g/mol. The first-order valence-electron chi connectivity index (χ1n) is 7.22. The van der Waals surface area contributed by atoms with Crippen LogP contribution in [0.25, 0.3) is 0 Å². The van der Waals surface area contributed by atoms with E-state index in [4.69, 9.17) is 11.5 Å². The molecule has 0 amide bonds. The largest absolute Gasteiger partial charge is 1.00 e. The Kier molecular flexibility index (Phi) is 8.41. The number of aliphatic carboxylic acids is 1. The first-order valence-corrected chi connectivity index (χ1v) is 7.22. The number of halogens is 1. The van der Waals surface area contributed by atoms with E-state index in [0.717, 1.165) is 5.56 Å². The number of benzene rings is 1. The van der Waals surface area contributed by atoms with Gasteiger partial charge in [0.2, 0.25) is 0 Å². The Morgan fingerprint density at radius 2 is 1.78 bits per heavy atom. The molecule has 0 aliphatic heterocycles. The number of aliphatic hydroxyl groups excluding tert-OH is 1. The molecule has 130 valence electrons. The van der Waals surface area contributed by atoms with E-state index < -0.39 is 29.4 Å². The van der Waals surface area contributed by atoms with Crippen molar-refractivity contribution in [3.8, 4) is 0 Å². The Morgan fingerprint density at radius 3 is 2.22 bits per heavy atom. The van der Waals surface area contributed by atoms with Gasteiger partial charge in [0.05, 0.1) is 0 Å². The Morgan fingerprint density at radius 1 is 1.26 bits per heavy atom. The molecule has 1 aromatic carbocycles. The van der Waals surface area contributed by atoms with Crippen molar-refractivity contribution in [3.63, 3.8) is 0 Å². The van der Waals surface area contributed by atoms with Crippen LogP contribution in [0.3, 0.4) is 0 Å². The van der Waals surface area contributed by atoms with Gasteiger partial charge in [-0.15, -0.1) is 0 Å². The number of rotatable bonds is 8. The van der Waals surface area contributed by atoms with E-state index in [1.807, 2.05) is 30.3 Å².